The van der Waals surface area contributed by atoms with Gasteiger partial charge in [-0.05, 0) is 37.9 Å². The third-order valence-corrected chi connectivity index (χ3v) is 5.31. The van der Waals surface area contributed by atoms with Gasteiger partial charge in [0, 0.05) is 32.9 Å². The van der Waals surface area contributed by atoms with Crippen LogP contribution in [0.3, 0.4) is 0 Å². The molecular formula is C16H27Cl2N5. The first kappa shape index (κ1) is 18.4. The standard InChI is InChI=1S/C16H27Cl2N5/c1-12-4-7-23(8-5-12)9-6-20-16(19-2)21-11-13-10-14(17)15(18)22(13)3/h10,12H,4-9,11H2,1-3H3,(H2,19,20,21). The zero-order valence-electron chi connectivity index (χ0n) is 14.2. The number of halogens is 2. The molecule has 2 heterocycles. The largest absolute Gasteiger partial charge is 0.355 e. The molecule has 0 atom stereocenters. The molecule has 0 radical (unpaired) electrons. The molecule has 0 saturated carbocycles. The van der Waals surface area contributed by atoms with E-state index in [1.165, 1.54) is 25.9 Å². The summed E-state index contributed by atoms with van der Waals surface area (Å²) >= 11 is 12.1. The molecule has 1 fully saturated rings. The van der Waals surface area contributed by atoms with E-state index in [0.29, 0.717) is 16.7 Å². The molecule has 5 nitrogen and oxygen atoms in total. The number of nitrogens with zero attached hydrogens (tertiary/aromatic N) is 3. The van der Waals surface area contributed by atoms with Crippen LogP contribution >= 0.6 is 23.2 Å². The number of likely N-dealkylation sites (tertiary alicyclic amines) is 1. The second kappa shape index (κ2) is 8.81. The number of aliphatic imine (C=N–C) groups is 1. The number of piperidine rings is 1. The van der Waals surface area contributed by atoms with Gasteiger partial charge >= 0.3 is 0 Å². The first-order valence-corrected chi connectivity index (χ1v) is 8.93. The molecule has 0 spiro atoms. The normalized spacial score (nSPS) is 17.5. The first-order chi connectivity index (χ1) is 11.0. The quantitative estimate of drug-likeness (QED) is 0.627. The van der Waals surface area contributed by atoms with E-state index < -0.39 is 0 Å². The summed E-state index contributed by atoms with van der Waals surface area (Å²) in [5, 5.41) is 7.79. The van der Waals surface area contributed by atoms with Gasteiger partial charge in [0.15, 0.2) is 5.96 Å². The summed E-state index contributed by atoms with van der Waals surface area (Å²) in [6.07, 6.45) is 2.62. The predicted molar refractivity (Wildman–Crippen MR) is 98.5 cm³/mol. The van der Waals surface area contributed by atoms with Crippen molar-refractivity contribution in [3.63, 3.8) is 0 Å². The molecule has 0 amide bonds. The van der Waals surface area contributed by atoms with Crippen molar-refractivity contribution in [1.82, 2.24) is 20.1 Å². The van der Waals surface area contributed by atoms with Crippen LogP contribution in [0.4, 0.5) is 0 Å². The summed E-state index contributed by atoms with van der Waals surface area (Å²) in [5.41, 5.74) is 1.02. The van der Waals surface area contributed by atoms with Gasteiger partial charge in [-0.1, -0.05) is 30.1 Å². The number of hydrogen-bond donors (Lipinski definition) is 2. The average Bonchev–Trinajstić information content (AvgIpc) is 2.79. The Balaban J connectivity index is 1.72. The van der Waals surface area contributed by atoms with Crippen LogP contribution in [0, 0.1) is 5.92 Å². The molecule has 2 rings (SSSR count). The van der Waals surface area contributed by atoms with E-state index in [4.69, 9.17) is 23.2 Å². The van der Waals surface area contributed by atoms with Gasteiger partial charge in [-0.3, -0.25) is 4.99 Å². The lowest BCUT2D eigenvalue weighted by Crippen LogP contribution is -2.43. The van der Waals surface area contributed by atoms with Crippen LogP contribution in [0.25, 0.3) is 0 Å². The van der Waals surface area contributed by atoms with Crippen molar-refractivity contribution >= 4 is 29.2 Å². The zero-order valence-corrected chi connectivity index (χ0v) is 15.7. The minimum absolute atomic E-state index is 0.561. The average molecular weight is 360 g/mol. The van der Waals surface area contributed by atoms with Gasteiger partial charge in [-0.25, -0.2) is 0 Å². The SMILES string of the molecule is CN=C(NCCN1CCC(C)CC1)NCc1cc(Cl)c(Cl)n1C. The van der Waals surface area contributed by atoms with E-state index in [-0.39, 0.29) is 0 Å². The van der Waals surface area contributed by atoms with Crippen molar-refractivity contribution in [3.05, 3.63) is 21.9 Å². The van der Waals surface area contributed by atoms with Crippen molar-refractivity contribution in [1.29, 1.82) is 0 Å². The highest BCUT2D eigenvalue weighted by atomic mass is 35.5. The summed E-state index contributed by atoms with van der Waals surface area (Å²) in [6.45, 7) is 7.32. The van der Waals surface area contributed by atoms with E-state index in [0.717, 1.165) is 30.7 Å². The molecule has 0 bridgehead atoms. The van der Waals surface area contributed by atoms with Crippen molar-refractivity contribution in [2.45, 2.75) is 26.3 Å². The van der Waals surface area contributed by atoms with Gasteiger partial charge in [-0.15, -0.1) is 0 Å². The Morgan fingerprint density at radius 2 is 2.00 bits per heavy atom. The molecule has 1 aliphatic rings. The highest BCUT2D eigenvalue weighted by Crippen LogP contribution is 2.24. The van der Waals surface area contributed by atoms with Gasteiger partial charge in [0.2, 0.25) is 0 Å². The number of hydrogen-bond acceptors (Lipinski definition) is 2. The Labute approximate surface area is 149 Å². The van der Waals surface area contributed by atoms with Crippen molar-refractivity contribution in [2.75, 3.05) is 33.2 Å². The molecule has 1 aliphatic heterocycles. The Hall–Kier alpha value is -0.910. The highest BCUT2D eigenvalue weighted by Gasteiger charge is 2.15. The van der Waals surface area contributed by atoms with Gasteiger partial charge in [0.05, 0.1) is 11.6 Å². The lowest BCUT2D eigenvalue weighted by atomic mass is 9.99. The van der Waals surface area contributed by atoms with E-state index >= 15 is 0 Å². The predicted octanol–water partition coefficient (Wildman–Crippen LogP) is 2.73. The Morgan fingerprint density at radius 3 is 2.57 bits per heavy atom. The maximum Gasteiger partial charge on any atom is 0.191 e. The number of aromatic nitrogens is 1. The molecule has 0 unspecified atom stereocenters. The minimum Gasteiger partial charge on any atom is -0.355 e. The summed E-state index contributed by atoms with van der Waals surface area (Å²) in [6, 6.07) is 1.87. The van der Waals surface area contributed by atoms with Crippen molar-refractivity contribution < 1.29 is 0 Å². The highest BCUT2D eigenvalue weighted by molar-refractivity contribution is 6.41. The minimum atomic E-state index is 0.561. The van der Waals surface area contributed by atoms with E-state index in [1.807, 2.05) is 17.7 Å². The molecule has 1 aromatic rings. The Bertz CT molecular complexity index is 533. The molecule has 7 heteroatoms. The molecule has 1 saturated heterocycles. The van der Waals surface area contributed by atoms with Gasteiger partial charge in [0.1, 0.15) is 5.15 Å². The lowest BCUT2D eigenvalue weighted by Gasteiger charge is -2.30. The van der Waals surface area contributed by atoms with E-state index in [2.05, 4.69) is 27.4 Å². The second-order valence-electron chi connectivity index (χ2n) is 6.21. The molecule has 0 aromatic carbocycles. The first-order valence-electron chi connectivity index (χ1n) is 8.17. The fraction of sp³-hybridized carbons (Fsp3) is 0.688. The monoisotopic (exact) mass is 359 g/mol. The Morgan fingerprint density at radius 1 is 1.30 bits per heavy atom. The van der Waals surface area contributed by atoms with Crippen LogP contribution in [0.5, 0.6) is 0 Å². The van der Waals surface area contributed by atoms with Crippen LogP contribution in [0.2, 0.25) is 10.2 Å². The van der Waals surface area contributed by atoms with Crippen LogP contribution in [-0.2, 0) is 13.6 Å². The van der Waals surface area contributed by atoms with Gasteiger partial charge in [0.25, 0.3) is 0 Å². The number of nitrogens with one attached hydrogen (secondary N) is 2. The summed E-state index contributed by atoms with van der Waals surface area (Å²) < 4.78 is 1.87. The molecule has 0 aliphatic carbocycles. The fourth-order valence-corrected chi connectivity index (χ4v) is 3.19. The summed E-state index contributed by atoms with van der Waals surface area (Å²) in [5.74, 6) is 1.67. The third-order valence-electron chi connectivity index (χ3n) is 4.47. The maximum absolute atomic E-state index is 6.08. The summed E-state index contributed by atoms with van der Waals surface area (Å²) in [7, 11) is 3.68. The van der Waals surface area contributed by atoms with Crippen molar-refractivity contribution in [2.24, 2.45) is 18.0 Å². The fourth-order valence-electron chi connectivity index (χ4n) is 2.77. The maximum atomic E-state index is 6.08. The van der Waals surface area contributed by atoms with Crippen LogP contribution in [0.15, 0.2) is 11.1 Å². The summed E-state index contributed by atoms with van der Waals surface area (Å²) in [4.78, 5) is 6.77. The molecule has 130 valence electrons. The van der Waals surface area contributed by atoms with Crippen LogP contribution in [-0.4, -0.2) is 48.7 Å². The lowest BCUT2D eigenvalue weighted by molar-refractivity contribution is 0.195. The molecule has 23 heavy (non-hydrogen) atoms. The Kier molecular flexibility index (Phi) is 7.06. The second-order valence-corrected chi connectivity index (χ2v) is 6.98. The smallest absolute Gasteiger partial charge is 0.191 e. The van der Waals surface area contributed by atoms with Gasteiger partial charge < -0.3 is 20.1 Å². The van der Waals surface area contributed by atoms with E-state index in [1.54, 1.807) is 7.05 Å². The zero-order chi connectivity index (χ0) is 16.8. The van der Waals surface area contributed by atoms with Crippen LogP contribution < -0.4 is 10.6 Å². The molecule has 1 aromatic heterocycles. The topological polar surface area (TPSA) is 44.6 Å². The number of rotatable bonds is 5. The van der Waals surface area contributed by atoms with E-state index in [9.17, 15) is 0 Å². The molecular weight excluding hydrogens is 333 g/mol. The third kappa shape index (κ3) is 5.30. The molecule has 2 N–H and O–H groups in total. The number of guanidine groups is 1. The van der Waals surface area contributed by atoms with Crippen LogP contribution in [0.1, 0.15) is 25.5 Å². The van der Waals surface area contributed by atoms with Gasteiger partial charge in [-0.2, -0.15) is 0 Å². The van der Waals surface area contributed by atoms with Crippen molar-refractivity contribution in [3.8, 4) is 0 Å².